The van der Waals surface area contributed by atoms with Crippen LogP contribution in [0.15, 0.2) is 79.9 Å². The van der Waals surface area contributed by atoms with Crippen LogP contribution < -0.4 is 5.43 Å². The highest BCUT2D eigenvalue weighted by Gasteiger charge is 2.34. The Labute approximate surface area is 248 Å². The van der Waals surface area contributed by atoms with Gasteiger partial charge in [0, 0.05) is 36.9 Å². The molecule has 0 unspecified atom stereocenters. The smallest absolute Gasteiger partial charge is 0.283 e. The second-order valence-corrected chi connectivity index (χ2v) is 13.6. The fourth-order valence-electron chi connectivity index (χ4n) is 4.41. The van der Waals surface area contributed by atoms with Crippen molar-refractivity contribution in [2.75, 3.05) is 18.5 Å². The number of thiazole rings is 1. The average Bonchev–Trinajstić information content (AvgIpc) is 3.35. The van der Waals surface area contributed by atoms with E-state index in [0.717, 1.165) is 16.3 Å². The van der Waals surface area contributed by atoms with Gasteiger partial charge in [0.1, 0.15) is 4.90 Å². The molecule has 2 heterocycles. The highest BCUT2D eigenvalue weighted by Crippen LogP contribution is 2.39. The molecule has 0 saturated carbocycles. The number of sulfonamides is 1. The van der Waals surface area contributed by atoms with Crippen LogP contribution in [-0.4, -0.2) is 59.1 Å². The van der Waals surface area contributed by atoms with Crippen LogP contribution in [0.1, 0.15) is 19.4 Å². The molecule has 0 bridgehead atoms. The summed E-state index contributed by atoms with van der Waals surface area (Å²) in [4.78, 5) is 26.7. The lowest BCUT2D eigenvalue weighted by Gasteiger charge is -2.34. The zero-order valence-corrected chi connectivity index (χ0v) is 24.7. The van der Waals surface area contributed by atoms with Gasteiger partial charge in [0.05, 0.1) is 49.1 Å². The number of morpholine rings is 1. The molecule has 218 valence electrons. The summed E-state index contributed by atoms with van der Waals surface area (Å²) in [7, 11) is -4.16. The molecule has 0 spiro atoms. The number of benzene rings is 3. The molecule has 0 radical (unpaired) electrons. The first-order valence-corrected chi connectivity index (χ1v) is 15.6. The van der Waals surface area contributed by atoms with Crippen LogP contribution in [0.3, 0.4) is 0 Å². The Hall–Kier alpha value is -3.96. The van der Waals surface area contributed by atoms with E-state index >= 15 is 0 Å². The van der Waals surface area contributed by atoms with Gasteiger partial charge >= 0.3 is 0 Å². The van der Waals surface area contributed by atoms with Gasteiger partial charge in [-0.25, -0.2) is 13.4 Å². The van der Waals surface area contributed by atoms with Gasteiger partial charge in [0.15, 0.2) is 4.34 Å². The van der Waals surface area contributed by atoms with Crippen LogP contribution in [-0.2, 0) is 14.8 Å². The second-order valence-electron chi connectivity index (χ2n) is 9.42. The Bertz CT molecular complexity index is 1770. The number of hydrogen-bond acceptors (Lipinski definition) is 12. The molecule has 5 rings (SSSR count). The summed E-state index contributed by atoms with van der Waals surface area (Å²) < 4.78 is 35.6. The van der Waals surface area contributed by atoms with E-state index < -0.39 is 25.6 Å². The highest BCUT2D eigenvalue weighted by atomic mass is 32.2. The van der Waals surface area contributed by atoms with Crippen molar-refractivity contribution in [3.63, 3.8) is 0 Å². The zero-order valence-electron chi connectivity index (χ0n) is 22.2. The van der Waals surface area contributed by atoms with E-state index in [1.54, 1.807) is 26.0 Å². The van der Waals surface area contributed by atoms with Crippen molar-refractivity contribution in [1.82, 2.24) is 9.29 Å². The van der Waals surface area contributed by atoms with Gasteiger partial charge in [-0.1, -0.05) is 30.0 Å². The molecule has 1 fully saturated rings. The quantitative estimate of drug-likeness (QED) is 0.142. The number of para-hydroxylation sites is 1. The van der Waals surface area contributed by atoms with Gasteiger partial charge in [0.2, 0.25) is 10.0 Å². The SMILES string of the molecule is C[C@H]1CN(S(=O)(=O)c2cc([N+](=O)[O-])ccc2N/N=C\c2ccc(Sc3nc4ccccc4s3)c([N+](=O)[O-])c2)C[C@H](C)O1. The van der Waals surface area contributed by atoms with Crippen molar-refractivity contribution in [2.45, 2.75) is 40.2 Å². The Morgan fingerprint density at radius 2 is 1.81 bits per heavy atom. The van der Waals surface area contributed by atoms with Crippen molar-refractivity contribution in [1.29, 1.82) is 0 Å². The fraction of sp³-hybridized carbons (Fsp3) is 0.231. The summed E-state index contributed by atoms with van der Waals surface area (Å²) in [5, 5.41) is 27.3. The topological polar surface area (TPSA) is 170 Å². The summed E-state index contributed by atoms with van der Waals surface area (Å²) in [6, 6.07) is 15.6. The third-order valence-electron chi connectivity index (χ3n) is 6.23. The number of nitrogens with one attached hydrogen (secondary N) is 1. The monoisotopic (exact) mass is 628 g/mol. The summed E-state index contributed by atoms with van der Waals surface area (Å²) in [5.41, 5.74) is 3.31. The summed E-state index contributed by atoms with van der Waals surface area (Å²) in [5.74, 6) is 0. The van der Waals surface area contributed by atoms with E-state index in [-0.39, 0.29) is 41.6 Å². The summed E-state index contributed by atoms with van der Waals surface area (Å²) in [6.45, 7) is 3.67. The lowest BCUT2D eigenvalue weighted by molar-refractivity contribution is -0.387. The third-order valence-corrected chi connectivity index (χ3v) is 10.3. The molecule has 1 aliphatic rings. The molecule has 4 aromatic rings. The number of nitro benzene ring substituents is 2. The van der Waals surface area contributed by atoms with Crippen LogP contribution in [0.2, 0.25) is 0 Å². The number of hydrazone groups is 1. The van der Waals surface area contributed by atoms with E-state index in [2.05, 4.69) is 15.5 Å². The Morgan fingerprint density at radius 3 is 2.50 bits per heavy atom. The van der Waals surface area contributed by atoms with Crippen LogP contribution in [0.5, 0.6) is 0 Å². The van der Waals surface area contributed by atoms with Crippen LogP contribution in [0.25, 0.3) is 10.2 Å². The van der Waals surface area contributed by atoms with Crippen molar-refractivity contribution in [3.05, 3.63) is 86.5 Å². The van der Waals surface area contributed by atoms with E-state index in [9.17, 15) is 28.6 Å². The molecule has 13 nitrogen and oxygen atoms in total. The summed E-state index contributed by atoms with van der Waals surface area (Å²) >= 11 is 2.63. The Morgan fingerprint density at radius 1 is 1.07 bits per heavy atom. The van der Waals surface area contributed by atoms with Crippen molar-refractivity contribution in [2.24, 2.45) is 5.10 Å². The molecule has 3 aromatic carbocycles. The highest BCUT2D eigenvalue weighted by molar-refractivity contribution is 8.01. The number of aromatic nitrogens is 1. The second kappa shape index (κ2) is 12.1. The molecule has 2 atom stereocenters. The molecule has 1 N–H and O–H groups in total. The molecule has 0 aliphatic carbocycles. The van der Waals surface area contributed by atoms with Crippen molar-refractivity contribution >= 4 is 66.6 Å². The minimum atomic E-state index is -4.16. The van der Waals surface area contributed by atoms with Crippen molar-refractivity contribution < 1.29 is 23.0 Å². The summed E-state index contributed by atoms with van der Waals surface area (Å²) in [6.07, 6.45) is 0.585. The molecule has 42 heavy (non-hydrogen) atoms. The van der Waals surface area contributed by atoms with Crippen LogP contribution >= 0.6 is 23.1 Å². The molecule has 1 saturated heterocycles. The van der Waals surface area contributed by atoms with Gasteiger partial charge in [-0.05, 0) is 38.1 Å². The molecule has 16 heteroatoms. The zero-order chi connectivity index (χ0) is 30.0. The van der Waals surface area contributed by atoms with E-state index in [4.69, 9.17) is 4.74 Å². The Kier molecular flexibility index (Phi) is 8.51. The lowest BCUT2D eigenvalue weighted by Crippen LogP contribution is -2.48. The third kappa shape index (κ3) is 6.42. The van der Waals surface area contributed by atoms with Crippen LogP contribution in [0.4, 0.5) is 17.1 Å². The number of nitro groups is 2. The van der Waals surface area contributed by atoms with Gasteiger partial charge in [-0.2, -0.15) is 9.41 Å². The predicted molar refractivity (Wildman–Crippen MR) is 160 cm³/mol. The lowest BCUT2D eigenvalue weighted by atomic mass is 10.2. The van der Waals surface area contributed by atoms with Gasteiger partial charge in [-0.15, -0.1) is 11.3 Å². The number of hydrogen-bond donors (Lipinski definition) is 1. The van der Waals surface area contributed by atoms with Crippen LogP contribution in [0, 0.1) is 20.2 Å². The number of rotatable bonds is 9. The standard InChI is InChI=1S/C26H24N6O7S3/c1-16-14-30(15-17(2)39-16)42(37,38)25-12-19(31(33)34)8-9-21(25)29-27-13-18-7-10-24(22(11-18)32(35)36)41-26-28-20-5-3-4-6-23(20)40-26/h3-13,16-17,29H,14-15H2,1-2H3/b27-13-/t16-,17-/m0/s1. The molecule has 0 amide bonds. The first-order chi connectivity index (χ1) is 20.0. The number of ether oxygens (including phenoxy) is 1. The molecule has 1 aromatic heterocycles. The Balaban J connectivity index is 1.40. The fourth-order valence-corrected chi connectivity index (χ4v) is 8.27. The molecular weight excluding hydrogens is 605 g/mol. The normalized spacial score (nSPS) is 18.0. The molecular formula is C26H24N6O7S3. The number of anilines is 1. The van der Waals surface area contributed by atoms with Gasteiger partial charge in [-0.3, -0.25) is 25.7 Å². The maximum atomic E-state index is 13.5. The van der Waals surface area contributed by atoms with E-state index in [0.29, 0.717) is 14.8 Å². The van der Waals surface area contributed by atoms with E-state index in [1.165, 1.54) is 51.8 Å². The minimum Gasteiger partial charge on any atom is -0.373 e. The van der Waals surface area contributed by atoms with Gasteiger partial charge < -0.3 is 4.74 Å². The van der Waals surface area contributed by atoms with Crippen molar-refractivity contribution in [3.8, 4) is 0 Å². The number of non-ortho nitro benzene ring substituents is 1. The maximum absolute atomic E-state index is 13.5. The first kappa shape index (κ1) is 29.5. The molecule has 1 aliphatic heterocycles. The maximum Gasteiger partial charge on any atom is 0.283 e. The predicted octanol–water partition coefficient (Wildman–Crippen LogP) is 5.51. The number of nitrogens with zero attached hydrogens (tertiary/aromatic N) is 5. The van der Waals surface area contributed by atoms with Gasteiger partial charge in [0.25, 0.3) is 11.4 Å². The van der Waals surface area contributed by atoms with E-state index in [1.807, 2.05) is 24.3 Å². The first-order valence-electron chi connectivity index (χ1n) is 12.6. The average molecular weight is 629 g/mol. The number of fused-ring (bicyclic) bond motifs is 1. The minimum absolute atomic E-state index is 0.0150. The largest absolute Gasteiger partial charge is 0.373 e.